The average molecular weight is 208 g/mol. The number of carboxylic acid groups (broad SMARTS) is 1. The summed E-state index contributed by atoms with van der Waals surface area (Å²) in [6, 6.07) is 0. The second-order valence-corrected chi connectivity index (χ2v) is 3.36. The van der Waals surface area contributed by atoms with Crippen LogP contribution >= 0.6 is 0 Å². The SMILES string of the molecule is CCCCCC/C=C/C=C/C=C/C(=O)O. The highest BCUT2D eigenvalue weighted by Gasteiger charge is 1.83. The first-order valence-corrected chi connectivity index (χ1v) is 5.50. The van der Waals surface area contributed by atoms with Crippen LogP contribution in [0.4, 0.5) is 0 Å². The fourth-order valence-electron chi connectivity index (χ4n) is 1.13. The summed E-state index contributed by atoms with van der Waals surface area (Å²) < 4.78 is 0. The van der Waals surface area contributed by atoms with Gasteiger partial charge in [-0.25, -0.2) is 4.79 Å². The Morgan fingerprint density at radius 2 is 1.80 bits per heavy atom. The summed E-state index contributed by atoms with van der Waals surface area (Å²) in [6.07, 6.45) is 16.5. The van der Waals surface area contributed by atoms with E-state index < -0.39 is 5.97 Å². The first-order chi connectivity index (χ1) is 7.27. The van der Waals surface area contributed by atoms with Crippen LogP contribution in [-0.2, 0) is 4.79 Å². The normalized spacial score (nSPS) is 12.1. The second-order valence-electron chi connectivity index (χ2n) is 3.36. The van der Waals surface area contributed by atoms with Crippen molar-refractivity contribution in [2.45, 2.75) is 39.0 Å². The number of carbonyl (C=O) groups is 1. The summed E-state index contributed by atoms with van der Waals surface area (Å²) in [6.45, 7) is 2.20. The summed E-state index contributed by atoms with van der Waals surface area (Å²) in [7, 11) is 0. The molecule has 0 atom stereocenters. The molecule has 2 heteroatoms. The van der Waals surface area contributed by atoms with E-state index in [1.54, 1.807) is 6.08 Å². The van der Waals surface area contributed by atoms with Crippen LogP contribution in [0.3, 0.4) is 0 Å². The van der Waals surface area contributed by atoms with E-state index in [1.165, 1.54) is 31.8 Å². The molecule has 0 unspecified atom stereocenters. The fourth-order valence-corrected chi connectivity index (χ4v) is 1.13. The molecule has 0 saturated heterocycles. The van der Waals surface area contributed by atoms with Gasteiger partial charge in [-0.2, -0.15) is 0 Å². The zero-order valence-electron chi connectivity index (χ0n) is 9.36. The van der Waals surface area contributed by atoms with Gasteiger partial charge in [-0.1, -0.05) is 56.6 Å². The quantitative estimate of drug-likeness (QED) is 0.375. The number of unbranched alkanes of at least 4 members (excludes halogenated alkanes) is 4. The smallest absolute Gasteiger partial charge is 0.328 e. The molecule has 1 N–H and O–H groups in total. The first-order valence-electron chi connectivity index (χ1n) is 5.50. The van der Waals surface area contributed by atoms with Crippen LogP contribution in [0.5, 0.6) is 0 Å². The van der Waals surface area contributed by atoms with Gasteiger partial charge in [0.15, 0.2) is 0 Å². The first kappa shape index (κ1) is 13.7. The molecule has 0 amide bonds. The van der Waals surface area contributed by atoms with Crippen molar-refractivity contribution in [1.29, 1.82) is 0 Å². The van der Waals surface area contributed by atoms with Crippen LogP contribution in [0, 0.1) is 0 Å². The zero-order chi connectivity index (χ0) is 11.4. The molecule has 0 bridgehead atoms. The lowest BCUT2D eigenvalue weighted by Gasteiger charge is -1.92. The van der Waals surface area contributed by atoms with Gasteiger partial charge < -0.3 is 5.11 Å². The van der Waals surface area contributed by atoms with Crippen molar-refractivity contribution in [1.82, 2.24) is 0 Å². The molecule has 84 valence electrons. The van der Waals surface area contributed by atoms with E-state index in [2.05, 4.69) is 13.0 Å². The van der Waals surface area contributed by atoms with Gasteiger partial charge >= 0.3 is 5.97 Å². The molecule has 0 heterocycles. The lowest BCUT2D eigenvalue weighted by Crippen LogP contribution is -1.84. The van der Waals surface area contributed by atoms with E-state index in [4.69, 9.17) is 5.11 Å². The van der Waals surface area contributed by atoms with Crippen LogP contribution < -0.4 is 0 Å². The van der Waals surface area contributed by atoms with Gasteiger partial charge in [-0.15, -0.1) is 0 Å². The molecule has 0 rings (SSSR count). The van der Waals surface area contributed by atoms with Crippen LogP contribution in [0.25, 0.3) is 0 Å². The molecule has 0 fully saturated rings. The van der Waals surface area contributed by atoms with Gasteiger partial charge in [0.2, 0.25) is 0 Å². The molecule has 0 spiro atoms. The fraction of sp³-hybridized carbons (Fsp3) is 0.462. The maximum absolute atomic E-state index is 10.1. The highest BCUT2D eigenvalue weighted by molar-refractivity contribution is 5.80. The van der Waals surface area contributed by atoms with E-state index in [-0.39, 0.29) is 0 Å². The Hall–Kier alpha value is -1.31. The Morgan fingerprint density at radius 1 is 1.07 bits per heavy atom. The van der Waals surface area contributed by atoms with Crippen molar-refractivity contribution in [2.75, 3.05) is 0 Å². The maximum atomic E-state index is 10.1. The van der Waals surface area contributed by atoms with Crippen LogP contribution in [0.15, 0.2) is 36.5 Å². The Labute approximate surface area is 92.0 Å². The Balaban J connectivity index is 3.41. The molecule has 2 nitrogen and oxygen atoms in total. The standard InChI is InChI=1S/C13H20O2/c1-2-3-4-5-6-7-8-9-10-11-12-13(14)15/h7-12H,2-6H2,1H3,(H,14,15)/b8-7+,10-9+,12-11+. The average Bonchev–Trinajstić information content (AvgIpc) is 2.20. The molecule has 0 aromatic heterocycles. The lowest BCUT2D eigenvalue weighted by atomic mass is 10.1. The van der Waals surface area contributed by atoms with Crippen molar-refractivity contribution in [2.24, 2.45) is 0 Å². The van der Waals surface area contributed by atoms with E-state index >= 15 is 0 Å². The summed E-state index contributed by atoms with van der Waals surface area (Å²) >= 11 is 0. The molecule has 0 aliphatic rings. The molecular weight excluding hydrogens is 188 g/mol. The number of allylic oxidation sites excluding steroid dienone is 5. The Morgan fingerprint density at radius 3 is 2.47 bits per heavy atom. The lowest BCUT2D eigenvalue weighted by molar-refractivity contribution is -0.131. The predicted molar refractivity (Wildman–Crippen MR) is 63.8 cm³/mol. The summed E-state index contributed by atoms with van der Waals surface area (Å²) in [5.74, 6) is -0.914. The van der Waals surface area contributed by atoms with E-state index in [0.717, 1.165) is 12.5 Å². The predicted octanol–water partition coefficient (Wildman–Crippen LogP) is 3.71. The summed E-state index contributed by atoms with van der Waals surface area (Å²) in [5, 5.41) is 8.30. The Bertz CT molecular complexity index is 237. The maximum Gasteiger partial charge on any atom is 0.328 e. The number of carboxylic acids is 1. The third-order valence-corrected chi connectivity index (χ3v) is 1.93. The van der Waals surface area contributed by atoms with Crippen molar-refractivity contribution in [3.8, 4) is 0 Å². The molecule has 0 radical (unpaired) electrons. The van der Waals surface area contributed by atoms with Gasteiger partial charge in [0.25, 0.3) is 0 Å². The summed E-state index contributed by atoms with van der Waals surface area (Å²) in [4.78, 5) is 10.1. The van der Waals surface area contributed by atoms with E-state index in [0.29, 0.717) is 0 Å². The van der Waals surface area contributed by atoms with Crippen molar-refractivity contribution in [3.05, 3.63) is 36.5 Å². The van der Waals surface area contributed by atoms with Gasteiger partial charge in [0.05, 0.1) is 0 Å². The molecule has 0 aromatic rings. The number of hydrogen-bond acceptors (Lipinski definition) is 1. The van der Waals surface area contributed by atoms with Crippen molar-refractivity contribution >= 4 is 5.97 Å². The van der Waals surface area contributed by atoms with Crippen LogP contribution in [0.2, 0.25) is 0 Å². The third kappa shape index (κ3) is 12.7. The topological polar surface area (TPSA) is 37.3 Å². The summed E-state index contributed by atoms with van der Waals surface area (Å²) in [5.41, 5.74) is 0. The molecule has 0 saturated carbocycles. The second kappa shape index (κ2) is 10.8. The van der Waals surface area contributed by atoms with E-state index in [1.807, 2.05) is 12.2 Å². The largest absolute Gasteiger partial charge is 0.478 e. The number of hydrogen-bond donors (Lipinski definition) is 1. The van der Waals surface area contributed by atoms with Crippen molar-refractivity contribution in [3.63, 3.8) is 0 Å². The van der Waals surface area contributed by atoms with Gasteiger partial charge in [0, 0.05) is 6.08 Å². The zero-order valence-corrected chi connectivity index (χ0v) is 9.36. The third-order valence-electron chi connectivity index (χ3n) is 1.93. The van der Waals surface area contributed by atoms with Gasteiger partial charge in [-0.3, -0.25) is 0 Å². The molecule has 0 aromatic carbocycles. The minimum absolute atomic E-state index is 0.914. The van der Waals surface area contributed by atoms with Crippen molar-refractivity contribution < 1.29 is 9.90 Å². The van der Waals surface area contributed by atoms with Gasteiger partial charge in [-0.05, 0) is 12.8 Å². The highest BCUT2D eigenvalue weighted by atomic mass is 16.4. The minimum atomic E-state index is -0.914. The molecular formula is C13H20O2. The monoisotopic (exact) mass is 208 g/mol. The van der Waals surface area contributed by atoms with E-state index in [9.17, 15) is 4.79 Å². The Kier molecular flexibility index (Phi) is 9.83. The molecule has 0 aliphatic carbocycles. The van der Waals surface area contributed by atoms with Crippen LogP contribution in [0.1, 0.15) is 39.0 Å². The molecule has 15 heavy (non-hydrogen) atoms. The number of aliphatic carboxylic acids is 1. The van der Waals surface area contributed by atoms with Crippen LogP contribution in [-0.4, -0.2) is 11.1 Å². The highest BCUT2D eigenvalue weighted by Crippen LogP contribution is 2.02. The number of rotatable bonds is 8. The van der Waals surface area contributed by atoms with Gasteiger partial charge in [0.1, 0.15) is 0 Å². The minimum Gasteiger partial charge on any atom is -0.478 e. The molecule has 0 aliphatic heterocycles.